The van der Waals surface area contributed by atoms with Crippen LogP contribution in [0.4, 0.5) is 0 Å². The number of carbonyl (C=O) groups is 2. The van der Waals surface area contributed by atoms with Gasteiger partial charge in [0.25, 0.3) is 0 Å². The first kappa shape index (κ1) is 18.4. The molecule has 5 nitrogen and oxygen atoms in total. The Morgan fingerprint density at radius 2 is 1.70 bits per heavy atom. The molecule has 4 rings (SSSR count). The Balaban J connectivity index is 1.38. The van der Waals surface area contributed by atoms with Gasteiger partial charge in [0.15, 0.2) is 5.78 Å². The number of amides is 1. The molecule has 0 aromatic heterocycles. The molecule has 1 amide bonds. The molecule has 0 atom stereocenters. The van der Waals surface area contributed by atoms with Gasteiger partial charge in [0.2, 0.25) is 5.91 Å². The van der Waals surface area contributed by atoms with Crippen molar-refractivity contribution in [2.24, 2.45) is 0 Å². The van der Waals surface area contributed by atoms with Crippen LogP contribution in [0, 0.1) is 0 Å². The SMILES string of the molecule is O=C1CCC(c2ccccc2)=C1CC(=O)N1CCN(C2CCOCC2)CC1. The Morgan fingerprint density at radius 3 is 2.41 bits per heavy atom. The zero-order valence-electron chi connectivity index (χ0n) is 15.9. The topological polar surface area (TPSA) is 49.9 Å². The number of hydrogen-bond acceptors (Lipinski definition) is 4. The molecular formula is C22H28N2O3. The van der Waals surface area contributed by atoms with Crippen molar-refractivity contribution in [3.8, 4) is 0 Å². The van der Waals surface area contributed by atoms with Crippen LogP contribution in [0.2, 0.25) is 0 Å². The lowest BCUT2D eigenvalue weighted by Gasteiger charge is -2.40. The molecule has 2 fully saturated rings. The third kappa shape index (κ3) is 4.14. The van der Waals surface area contributed by atoms with E-state index in [-0.39, 0.29) is 18.1 Å². The third-order valence-electron chi connectivity index (χ3n) is 6.13. The largest absolute Gasteiger partial charge is 0.381 e. The van der Waals surface area contributed by atoms with Gasteiger partial charge in [-0.3, -0.25) is 14.5 Å². The number of carbonyl (C=O) groups excluding carboxylic acids is 2. The van der Waals surface area contributed by atoms with Gasteiger partial charge < -0.3 is 9.64 Å². The highest BCUT2D eigenvalue weighted by Crippen LogP contribution is 2.33. The molecule has 0 bridgehead atoms. The van der Waals surface area contributed by atoms with E-state index >= 15 is 0 Å². The molecular weight excluding hydrogens is 340 g/mol. The Kier molecular flexibility index (Phi) is 5.69. The molecule has 2 saturated heterocycles. The van der Waals surface area contributed by atoms with Crippen molar-refractivity contribution in [3.05, 3.63) is 41.5 Å². The minimum Gasteiger partial charge on any atom is -0.381 e. The van der Waals surface area contributed by atoms with E-state index in [9.17, 15) is 9.59 Å². The van der Waals surface area contributed by atoms with E-state index in [0.29, 0.717) is 12.5 Å². The molecule has 0 spiro atoms. The summed E-state index contributed by atoms with van der Waals surface area (Å²) in [6, 6.07) is 10.6. The predicted octanol–water partition coefficient (Wildman–Crippen LogP) is 2.52. The Bertz CT molecular complexity index is 714. The molecule has 0 saturated carbocycles. The van der Waals surface area contributed by atoms with E-state index in [1.165, 1.54) is 0 Å². The van der Waals surface area contributed by atoms with Crippen molar-refractivity contribution < 1.29 is 14.3 Å². The average Bonchev–Trinajstić information content (AvgIpc) is 3.09. The summed E-state index contributed by atoms with van der Waals surface area (Å²) in [7, 11) is 0. The fourth-order valence-corrected chi connectivity index (χ4v) is 4.52. The zero-order chi connectivity index (χ0) is 18.6. The highest BCUT2D eigenvalue weighted by Gasteiger charge is 2.30. The quantitative estimate of drug-likeness (QED) is 0.819. The van der Waals surface area contributed by atoms with Gasteiger partial charge in [-0.05, 0) is 30.4 Å². The van der Waals surface area contributed by atoms with E-state index < -0.39 is 0 Å². The third-order valence-corrected chi connectivity index (χ3v) is 6.13. The van der Waals surface area contributed by atoms with E-state index in [0.717, 1.165) is 75.4 Å². The summed E-state index contributed by atoms with van der Waals surface area (Å²) in [4.78, 5) is 29.7. The zero-order valence-corrected chi connectivity index (χ0v) is 15.9. The van der Waals surface area contributed by atoms with Gasteiger partial charge >= 0.3 is 0 Å². The molecule has 1 aromatic carbocycles. The molecule has 1 aliphatic carbocycles. The van der Waals surface area contributed by atoms with Crippen LogP contribution in [0.15, 0.2) is 35.9 Å². The lowest BCUT2D eigenvalue weighted by Crippen LogP contribution is -2.53. The monoisotopic (exact) mass is 368 g/mol. The minimum absolute atomic E-state index is 0.0975. The highest BCUT2D eigenvalue weighted by molar-refractivity contribution is 6.10. The molecule has 0 N–H and O–H groups in total. The molecule has 2 aliphatic heterocycles. The maximum Gasteiger partial charge on any atom is 0.227 e. The predicted molar refractivity (Wildman–Crippen MR) is 104 cm³/mol. The van der Waals surface area contributed by atoms with Gasteiger partial charge in [0.05, 0.1) is 6.42 Å². The highest BCUT2D eigenvalue weighted by atomic mass is 16.5. The van der Waals surface area contributed by atoms with Crippen LogP contribution in [-0.2, 0) is 14.3 Å². The van der Waals surface area contributed by atoms with Gasteiger partial charge in [-0.1, -0.05) is 30.3 Å². The number of ether oxygens (including phenoxy) is 1. The number of rotatable bonds is 4. The molecule has 144 valence electrons. The van der Waals surface area contributed by atoms with Crippen molar-refractivity contribution in [3.63, 3.8) is 0 Å². The summed E-state index contributed by atoms with van der Waals surface area (Å²) in [5.74, 6) is 0.239. The Hall–Kier alpha value is -1.98. The van der Waals surface area contributed by atoms with Gasteiger partial charge in [0.1, 0.15) is 0 Å². The van der Waals surface area contributed by atoms with E-state index in [1.54, 1.807) is 0 Å². The standard InChI is InChI=1S/C22H28N2O3/c25-21-7-6-19(17-4-2-1-3-5-17)20(21)16-22(26)24-12-10-23(11-13-24)18-8-14-27-15-9-18/h1-5,18H,6-16H2. The van der Waals surface area contributed by atoms with E-state index in [1.807, 2.05) is 35.2 Å². The number of piperazine rings is 1. The van der Waals surface area contributed by atoms with Crippen LogP contribution >= 0.6 is 0 Å². The number of nitrogens with zero attached hydrogens (tertiary/aromatic N) is 2. The fourth-order valence-electron chi connectivity index (χ4n) is 4.52. The molecule has 1 aromatic rings. The first-order chi connectivity index (χ1) is 13.2. The molecule has 5 heteroatoms. The molecule has 0 radical (unpaired) electrons. The van der Waals surface area contributed by atoms with Gasteiger partial charge in [-0.25, -0.2) is 0 Å². The van der Waals surface area contributed by atoms with E-state index in [4.69, 9.17) is 4.74 Å². The smallest absolute Gasteiger partial charge is 0.227 e. The van der Waals surface area contributed by atoms with Crippen molar-refractivity contribution in [1.29, 1.82) is 0 Å². The maximum absolute atomic E-state index is 12.9. The number of hydrogen-bond donors (Lipinski definition) is 0. The van der Waals surface area contributed by atoms with Crippen molar-refractivity contribution in [1.82, 2.24) is 9.80 Å². The summed E-state index contributed by atoms with van der Waals surface area (Å²) in [5, 5.41) is 0. The van der Waals surface area contributed by atoms with Crippen molar-refractivity contribution >= 4 is 17.3 Å². The molecule has 0 unspecified atom stereocenters. The summed E-state index contributed by atoms with van der Waals surface area (Å²) in [6.45, 7) is 5.07. The molecule has 27 heavy (non-hydrogen) atoms. The lowest BCUT2D eigenvalue weighted by atomic mass is 9.99. The van der Waals surface area contributed by atoms with Crippen LogP contribution in [0.3, 0.4) is 0 Å². The first-order valence-corrected chi connectivity index (χ1v) is 10.1. The number of allylic oxidation sites excluding steroid dienone is 1. The molecule has 3 aliphatic rings. The fraction of sp³-hybridized carbons (Fsp3) is 0.545. The average molecular weight is 368 g/mol. The van der Waals surface area contributed by atoms with Crippen molar-refractivity contribution in [2.75, 3.05) is 39.4 Å². The number of Topliss-reactive ketones (excluding diaryl/α,β-unsaturated/α-hetero) is 1. The normalized spacial score (nSPS) is 22.5. The van der Waals surface area contributed by atoms with E-state index in [2.05, 4.69) is 4.90 Å². The summed E-state index contributed by atoms with van der Waals surface area (Å²) >= 11 is 0. The van der Waals surface area contributed by atoms with Crippen LogP contribution in [0.25, 0.3) is 5.57 Å². The van der Waals surface area contributed by atoms with Crippen LogP contribution in [0.1, 0.15) is 37.7 Å². The van der Waals surface area contributed by atoms with Crippen LogP contribution < -0.4 is 0 Å². The Labute approximate surface area is 161 Å². The maximum atomic E-state index is 12.9. The van der Waals surface area contributed by atoms with Crippen LogP contribution in [-0.4, -0.2) is 66.9 Å². The van der Waals surface area contributed by atoms with Crippen molar-refractivity contribution in [2.45, 2.75) is 38.1 Å². The first-order valence-electron chi connectivity index (χ1n) is 10.1. The number of benzene rings is 1. The second-order valence-corrected chi connectivity index (χ2v) is 7.68. The second kappa shape index (κ2) is 8.36. The lowest BCUT2D eigenvalue weighted by molar-refractivity contribution is -0.133. The van der Waals surface area contributed by atoms with Gasteiger partial charge in [-0.15, -0.1) is 0 Å². The summed E-state index contributed by atoms with van der Waals surface area (Å²) in [6.07, 6.45) is 3.72. The van der Waals surface area contributed by atoms with Gasteiger partial charge in [-0.2, -0.15) is 0 Å². The number of ketones is 1. The Morgan fingerprint density at radius 1 is 1.00 bits per heavy atom. The summed E-state index contributed by atoms with van der Waals surface area (Å²) in [5.41, 5.74) is 2.88. The van der Waals surface area contributed by atoms with Gasteiger partial charge in [0, 0.05) is 57.4 Å². The minimum atomic E-state index is 0.0975. The summed E-state index contributed by atoms with van der Waals surface area (Å²) < 4.78 is 5.45. The second-order valence-electron chi connectivity index (χ2n) is 7.68. The van der Waals surface area contributed by atoms with Crippen LogP contribution in [0.5, 0.6) is 0 Å². The molecule has 2 heterocycles.